The van der Waals surface area contributed by atoms with Gasteiger partial charge in [0.25, 0.3) is 0 Å². The maximum atomic E-state index is 12.6. The number of aromatic nitrogens is 4. The van der Waals surface area contributed by atoms with Crippen LogP contribution in [-0.2, 0) is 16.0 Å². The number of ether oxygens (including phenoxy) is 1. The summed E-state index contributed by atoms with van der Waals surface area (Å²) in [6, 6.07) is 0.149. The van der Waals surface area contributed by atoms with Crippen LogP contribution in [0.2, 0.25) is 0 Å². The van der Waals surface area contributed by atoms with Gasteiger partial charge in [0, 0.05) is 55.8 Å². The van der Waals surface area contributed by atoms with Gasteiger partial charge in [0.05, 0.1) is 6.10 Å². The smallest absolute Gasteiger partial charge is 0.237 e. The second-order valence-corrected chi connectivity index (χ2v) is 8.40. The van der Waals surface area contributed by atoms with Crippen LogP contribution in [0.5, 0.6) is 0 Å². The van der Waals surface area contributed by atoms with Crippen molar-refractivity contribution in [3.05, 3.63) is 30.0 Å². The van der Waals surface area contributed by atoms with E-state index in [-0.39, 0.29) is 18.1 Å². The number of amides is 1. The third-order valence-corrected chi connectivity index (χ3v) is 5.68. The van der Waals surface area contributed by atoms with Gasteiger partial charge < -0.3 is 15.0 Å². The van der Waals surface area contributed by atoms with Gasteiger partial charge in [-0.15, -0.1) is 0 Å². The molecular weight excluding hydrogens is 392 g/mol. The van der Waals surface area contributed by atoms with Crippen molar-refractivity contribution in [2.24, 2.45) is 0 Å². The monoisotopic (exact) mass is 428 g/mol. The first-order valence-electron chi connectivity index (χ1n) is 11.5. The van der Waals surface area contributed by atoms with Crippen LogP contribution in [0.3, 0.4) is 0 Å². The molecule has 8 heteroatoms. The van der Waals surface area contributed by atoms with Crippen LogP contribution in [0.25, 0.3) is 5.95 Å². The van der Waals surface area contributed by atoms with E-state index in [1.807, 2.05) is 31.5 Å². The molecule has 1 saturated heterocycles. The van der Waals surface area contributed by atoms with Gasteiger partial charge in [-0.25, -0.2) is 9.97 Å². The molecular formula is C23H36N6O2. The molecule has 0 aliphatic carbocycles. The number of rotatable bonds is 10. The van der Waals surface area contributed by atoms with Crippen molar-refractivity contribution in [2.75, 3.05) is 24.6 Å². The first kappa shape index (κ1) is 23.2. The summed E-state index contributed by atoms with van der Waals surface area (Å²) >= 11 is 0. The number of carbonyl (C=O) groups excluding carboxylic acids is 1. The minimum absolute atomic E-state index is 0.0973. The fourth-order valence-electron chi connectivity index (χ4n) is 4.11. The van der Waals surface area contributed by atoms with Gasteiger partial charge in [0.2, 0.25) is 11.9 Å². The van der Waals surface area contributed by atoms with Crippen LogP contribution < -0.4 is 10.2 Å². The number of nitrogens with one attached hydrogen (secondary N) is 1. The molecule has 2 aromatic heterocycles. The highest BCUT2D eigenvalue weighted by Crippen LogP contribution is 2.30. The van der Waals surface area contributed by atoms with Gasteiger partial charge in [-0.3, -0.25) is 9.36 Å². The topological polar surface area (TPSA) is 85.2 Å². The molecule has 3 heterocycles. The number of piperidine rings is 1. The summed E-state index contributed by atoms with van der Waals surface area (Å²) in [6.45, 7) is 10.4. The summed E-state index contributed by atoms with van der Waals surface area (Å²) in [7, 11) is 0. The minimum atomic E-state index is 0.0973. The summed E-state index contributed by atoms with van der Waals surface area (Å²) < 4.78 is 7.38. The SMILES string of the molecule is CCc1c(C)nc(-n2ccnc2)nc1N1CCCCC1CC(=O)NCCCOC(C)C. The molecule has 1 N–H and O–H groups in total. The predicted octanol–water partition coefficient (Wildman–Crippen LogP) is 3.21. The van der Waals surface area contributed by atoms with Crippen molar-refractivity contribution < 1.29 is 9.53 Å². The van der Waals surface area contributed by atoms with Gasteiger partial charge in [-0.1, -0.05) is 6.92 Å². The Morgan fingerprint density at radius 2 is 2.16 bits per heavy atom. The Balaban J connectivity index is 1.72. The van der Waals surface area contributed by atoms with Crippen LogP contribution in [0, 0.1) is 6.92 Å². The highest BCUT2D eigenvalue weighted by Gasteiger charge is 2.28. The van der Waals surface area contributed by atoms with Crippen molar-refractivity contribution in [1.82, 2.24) is 24.8 Å². The second-order valence-electron chi connectivity index (χ2n) is 8.40. The van der Waals surface area contributed by atoms with Crippen molar-refractivity contribution in [3.63, 3.8) is 0 Å². The molecule has 2 aromatic rings. The standard InChI is InChI=1S/C23H36N6O2/c1-5-20-18(4)26-23(28-13-11-24-16-28)27-22(20)29-12-7-6-9-19(29)15-21(30)25-10-8-14-31-17(2)3/h11,13,16-17,19H,5-10,12,14-15H2,1-4H3,(H,25,30). The van der Waals surface area contributed by atoms with Gasteiger partial charge in [0.1, 0.15) is 12.1 Å². The predicted molar refractivity (Wildman–Crippen MR) is 122 cm³/mol. The number of aryl methyl sites for hydroxylation is 1. The third kappa shape index (κ3) is 6.26. The van der Waals surface area contributed by atoms with Crippen LogP contribution in [0.15, 0.2) is 18.7 Å². The fraction of sp³-hybridized carbons (Fsp3) is 0.652. The summed E-state index contributed by atoms with van der Waals surface area (Å²) in [4.78, 5) is 28.7. The maximum Gasteiger partial charge on any atom is 0.237 e. The Bertz CT molecular complexity index is 837. The molecule has 1 aliphatic heterocycles. The molecule has 0 radical (unpaired) electrons. The average molecular weight is 429 g/mol. The molecule has 31 heavy (non-hydrogen) atoms. The average Bonchev–Trinajstić information content (AvgIpc) is 3.28. The molecule has 1 fully saturated rings. The molecule has 0 bridgehead atoms. The number of anilines is 1. The molecule has 0 saturated carbocycles. The first-order valence-corrected chi connectivity index (χ1v) is 11.5. The van der Waals surface area contributed by atoms with E-state index in [2.05, 4.69) is 22.1 Å². The zero-order valence-electron chi connectivity index (χ0n) is 19.3. The van der Waals surface area contributed by atoms with E-state index in [1.165, 1.54) is 0 Å². The highest BCUT2D eigenvalue weighted by atomic mass is 16.5. The van der Waals surface area contributed by atoms with Crippen molar-refractivity contribution in [2.45, 2.75) is 78.4 Å². The Morgan fingerprint density at radius 3 is 2.87 bits per heavy atom. The van der Waals surface area contributed by atoms with Crippen LogP contribution in [0.4, 0.5) is 5.82 Å². The van der Waals surface area contributed by atoms with Crippen molar-refractivity contribution in [1.29, 1.82) is 0 Å². The first-order chi connectivity index (χ1) is 15.0. The van der Waals surface area contributed by atoms with E-state index >= 15 is 0 Å². The molecule has 170 valence electrons. The van der Waals surface area contributed by atoms with Gasteiger partial charge in [0.15, 0.2) is 0 Å². The van der Waals surface area contributed by atoms with Gasteiger partial charge >= 0.3 is 0 Å². The number of carbonyl (C=O) groups is 1. The minimum Gasteiger partial charge on any atom is -0.379 e. The zero-order chi connectivity index (χ0) is 22.2. The van der Waals surface area contributed by atoms with E-state index in [4.69, 9.17) is 14.7 Å². The number of hydrogen-bond donors (Lipinski definition) is 1. The van der Waals surface area contributed by atoms with E-state index in [1.54, 1.807) is 12.5 Å². The maximum absolute atomic E-state index is 12.6. The van der Waals surface area contributed by atoms with Crippen LogP contribution in [0.1, 0.15) is 64.1 Å². The molecule has 0 spiro atoms. The Labute approximate surface area is 185 Å². The summed E-state index contributed by atoms with van der Waals surface area (Å²) in [5, 5.41) is 3.06. The second kappa shape index (κ2) is 11.2. The lowest BCUT2D eigenvalue weighted by Crippen LogP contribution is -2.44. The molecule has 3 rings (SSSR count). The number of imidazole rings is 1. The largest absolute Gasteiger partial charge is 0.379 e. The summed E-state index contributed by atoms with van der Waals surface area (Å²) in [6.07, 6.45) is 10.9. The van der Waals surface area contributed by atoms with Gasteiger partial charge in [-0.2, -0.15) is 4.98 Å². The lowest BCUT2D eigenvalue weighted by molar-refractivity contribution is -0.121. The Kier molecular flexibility index (Phi) is 8.40. The molecule has 1 aliphatic rings. The third-order valence-electron chi connectivity index (χ3n) is 5.68. The summed E-state index contributed by atoms with van der Waals surface area (Å²) in [5.41, 5.74) is 2.14. The lowest BCUT2D eigenvalue weighted by Gasteiger charge is -2.37. The van der Waals surface area contributed by atoms with E-state index in [0.29, 0.717) is 25.5 Å². The normalized spacial score (nSPS) is 16.7. The number of hydrogen-bond acceptors (Lipinski definition) is 6. The molecule has 1 unspecified atom stereocenters. The van der Waals surface area contributed by atoms with Crippen molar-refractivity contribution in [3.8, 4) is 5.95 Å². The summed E-state index contributed by atoms with van der Waals surface area (Å²) in [5.74, 6) is 1.68. The van der Waals surface area contributed by atoms with Gasteiger partial charge in [-0.05, 0) is 52.9 Å². The Hall–Kier alpha value is -2.48. The zero-order valence-corrected chi connectivity index (χ0v) is 19.3. The Morgan fingerprint density at radius 1 is 1.32 bits per heavy atom. The van der Waals surface area contributed by atoms with Crippen LogP contribution in [-0.4, -0.2) is 57.3 Å². The molecule has 0 aromatic carbocycles. The van der Waals surface area contributed by atoms with E-state index < -0.39 is 0 Å². The number of nitrogens with zero attached hydrogens (tertiary/aromatic N) is 5. The molecule has 8 nitrogen and oxygen atoms in total. The fourth-order valence-corrected chi connectivity index (χ4v) is 4.11. The van der Waals surface area contributed by atoms with E-state index in [9.17, 15) is 4.79 Å². The molecule has 1 atom stereocenters. The van der Waals surface area contributed by atoms with Crippen molar-refractivity contribution >= 4 is 11.7 Å². The van der Waals surface area contributed by atoms with E-state index in [0.717, 1.165) is 55.7 Å². The van der Waals surface area contributed by atoms with Crippen LogP contribution >= 0.6 is 0 Å². The molecule has 1 amide bonds. The lowest BCUT2D eigenvalue weighted by atomic mass is 9.97. The highest BCUT2D eigenvalue weighted by molar-refractivity contribution is 5.77. The quantitative estimate of drug-likeness (QED) is 0.585.